The number of halogens is 1. The number of aromatic nitrogens is 3. The van der Waals surface area contributed by atoms with Crippen molar-refractivity contribution in [2.45, 2.75) is 44.8 Å². The molecule has 1 heterocycles. The Hall–Kier alpha value is -3.10. The van der Waals surface area contributed by atoms with Crippen molar-refractivity contribution in [1.82, 2.24) is 14.8 Å². The van der Waals surface area contributed by atoms with Gasteiger partial charge in [0.2, 0.25) is 0 Å². The lowest BCUT2D eigenvalue weighted by atomic mass is 9.77. The van der Waals surface area contributed by atoms with E-state index in [1.54, 1.807) is 6.33 Å². The van der Waals surface area contributed by atoms with Crippen LogP contribution >= 0.6 is 24.2 Å². The van der Waals surface area contributed by atoms with Crippen LogP contribution in [0.5, 0.6) is 0 Å². The maximum absolute atomic E-state index is 12.3. The third-order valence-corrected chi connectivity index (χ3v) is 7.26. The number of esters is 1. The summed E-state index contributed by atoms with van der Waals surface area (Å²) in [5.74, 6) is 0.610. The Morgan fingerprint density at radius 3 is 1.70 bits per heavy atom. The van der Waals surface area contributed by atoms with Crippen LogP contribution in [0.4, 0.5) is 0 Å². The van der Waals surface area contributed by atoms with Crippen LogP contribution in [0.2, 0.25) is 0 Å². The highest BCUT2D eigenvalue weighted by molar-refractivity contribution is 9.09. The molecule has 1 unspecified atom stereocenters. The summed E-state index contributed by atoms with van der Waals surface area (Å²) >= 11 is 3.22. The zero-order chi connectivity index (χ0) is 29.0. The predicted molar refractivity (Wildman–Crippen MR) is 159 cm³/mol. The number of carbonyl (C=O) groups is 1. The van der Waals surface area contributed by atoms with Crippen LogP contribution in [0, 0.1) is 5.92 Å². The number of hydrogen-bond donors (Lipinski definition) is 2. The monoisotopic (exact) mass is 627 g/mol. The smallest absolute Gasteiger partial charge is 0.317 e. The molecule has 0 saturated carbocycles. The summed E-state index contributed by atoms with van der Waals surface area (Å²) < 4.78 is 16.5. The maximum atomic E-state index is 12.3. The molecule has 2 N–H and O–H groups in total. The van der Waals surface area contributed by atoms with Gasteiger partial charge in [-0.15, -0.1) is 0 Å². The van der Waals surface area contributed by atoms with Crippen molar-refractivity contribution in [3.8, 4) is 0 Å². The Labute approximate surface area is 244 Å². The third-order valence-electron chi connectivity index (χ3n) is 6.80. The summed E-state index contributed by atoms with van der Waals surface area (Å²) in [7, 11) is -3.13. The molecule has 0 radical (unpaired) electrons. The second kappa shape index (κ2) is 15.6. The van der Waals surface area contributed by atoms with Gasteiger partial charge >= 0.3 is 14.2 Å². The quantitative estimate of drug-likeness (QED) is 0.0869. The first-order valence-electron chi connectivity index (χ1n) is 13.1. The average Bonchev–Trinajstić information content (AvgIpc) is 3.47. The number of hydrogen-bond acceptors (Lipinski definition) is 5. The third kappa shape index (κ3) is 7.76. The van der Waals surface area contributed by atoms with E-state index in [4.69, 9.17) is 29.2 Å². The molecule has 4 aromatic rings. The highest BCUT2D eigenvalue weighted by Crippen LogP contribution is 2.40. The van der Waals surface area contributed by atoms with E-state index < -0.39 is 19.9 Å². The average molecular weight is 629 g/mol. The van der Waals surface area contributed by atoms with Crippen molar-refractivity contribution in [1.29, 1.82) is 0 Å². The van der Waals surface area contributed by atoms with Crippen LogP contribution in [0.3, 0.4) is 0 Å². The molecule has 1 atom stereocenters. The van der Waals surface area contributed by atoms with Gasteiger partial charge in [-0.3, -0.25) is 9.36 Å². The van der Waals surface area contributed by atoms with Gasteiger partial charge in [-0.05, 0) is 29.0 Å². The maximum Gasteiger partial charge on any atom is 0.317 e. The van der Waals surface area contributed by atoms with Gasteiger partial charge in [0, 0.05) is 0 Å². The predicted octanol–water partition coefficient (Wildman–Crippen LogP) is 6.28. The van der Waals surface area contributed by atoms with Crippen LogP contribution in [-0.4, -0.2) is 35.9 Å². The van der Waals surface area contributed by atoms with E-state index in [1.165, 1.54) is 0 Å². The number of ether oxygens (including phenoxy) is 1. The minimum atomic E-state index is -3.13. The summed E-state index contributed by atoms with van der Waals surface area (Å²) in [6.07, 6.45) is 3.94. The Kier molecular flexibility index (Phi) is 12.3. The van der Waals surface area contributed by atoms with Gasteiger partial charge in [0.05, 0.1) is 0 Å². The Bertz CT molecular complexity index is 1230. The highest BCUT2D eigenvalue weighted by atomic mass is 79.9. The normalized spacial score (nSPS) is 12.1. The van der Waals surface area contributed by atoms with Crippen molar-refractivity contribution >= 4 is 30.2 Å². The number of carbonyl (C=O) groups excluding carboxylic acids is 1. The molecule has 212 valence electrons. The lowest BCUT2D eigenvalue weighted by Gasteiger charge is -2.36. The summed E-state index contributed by atoms with van der Waals surface area (Å²) in [6.45, 7) is 4.32. The molecular weight excluding hydrogens is 593 g/mol. The van der Waals surface area contributed by atoms with Crippen LogP contribution < -0.4 is 0 Å². The van der Waals surface area contributed by atoms with Gasteiger partial charge in [-0.25, -0.2) is 9.67 Å². The Morgan fingerprint density at radius 1 is 0.900 bits per heavy atom. The van der Waals surface area contributed by atoms with Gasteiger partial charge in [0.15, 0.2) is 11.9 Å². The Morgan fingerprint density at radius 2 is 1.32 bits per heavy atom. The molecule has 40 heavy (non-hydrogen) atoms. The van der Waals surface area contributed by atoms with Gasteiger partial charge < -0.3 is 14.5 Å². The van der Waals surface area contributed by atoms with E-state index in [0.717, 1.165) is 29.5 Å². The minimum absolute atomic E-state index is 0.134. The van der Waals surface area contributed by atoms with Crippen LogP contribution in [0.25, 0.3) is 0 Å². The zero-order valence-electron chi connectivity index (χ0n) is 22.6. The molecule has 1 aromatic heterocycles. The molecule has 0 aliphatic rings. The molecule has 0 bridgehead atoms. The van der Waals surface area contributed by atoms with E-state index in [9.17, 15) is 4.79 Å². The molecule has 0 aliphatic heterocycles. The molecule has 0 saturated heterocycles. The van der Waals surface area contributed by atoms with Crippen LogP contribution in [0.1, 0.15) is 61.7 Å². The van der Waals surface area contributed by atoms with Crippen LogP contribution in [-0.2, 0) is 19.6 Å². The number of nitrogens with zero attached hydrogens (tertiary/aromatic N) is 3. The molecule has 0 amide bonds. The fourth-order valence-corrected chi connectivity index (χ4v) is 4.97. The number of rotatable bonds is 11. The number of benzene rings is 3. The van der Waals surface area contributed by atoms with Crippen molar-refractivity contribution < 1.29 is 23.9 Å². The standard InChI is InChI=1S/C30H32BrN3O2.H3O3P/c1-3-23(4-2)20-27(36-28(35)21-31)29-32-22-34(33-29)30(24-14-8-5-9-15-24,25-16-10-6-11-17-25)26-18-12-7-13-19-26;1-4(2)3/h5-19,22-23,27H,3-4,20-21H2,1-2H3;4H,(H2,1,2,3). The second-order valence-corrected chi connectivity index (χ2v) is 10.3. The molecule has 10 heteroatoms. The van der Waals surface area contributed by atoms with E-state index in [2.05, 4.69) is 66.2 Å². The molecule has 4 rings (SSSR count). The topological polar surface area (TPSA) is 115 Å². The highest BCUT2D eigenvalue weighted by Gasteiger charge is 2.40. The van der Waals surface area contributed by atoms with Crippen molar-refractivity contribution in [2.75, 3.05) is 5.33 Å². The van der Waals surface area contributed by atoms with Gasteiger partial charge in [0.1, 0.15) is 17.2 Å². The molecule has 0 aliphatic carbocycles. The van der Waals surface area contributed by atoms with Crippen molar-refractivity contribution in [3.63, 3.8) is 0 Å². The molecule has 0 fully saturated rings. The van der Waals surface area contributed by atoms with Gasteiger partial charge in [0.25, 0.3) is 0 Å². The van der Waals surface area contributed by atoms with E-state index in [1.807, 2.05) is 59.3 Å². The summed E-state index contributed by atoms with van der Waals surface area (Å²) in [4.78, 5) is 31.3. The summed E-state index contributed by atoms with van der Waals surface area (Å²) in [6, 6.07) is 31.0. The molecule has 3 aromatic carbocycles. The van der Waals surface area contributed by atoms with Crippen LogP contribution in [0.15, 0.2) is 97.3 Å². The van der Waals surface area contributed by atoms with Crippen molar-refractivity contribution in [3.05, 3.63) is 120 Å². The second-order valence-electron chi connectivity index (χ2n) is 9.17. The SMILES string of the molecule is CCC(CC)CC(OC(=O)CBr)c1ncn(C(c2ccccc2)(c2ccccc2)c2ccccc2)n1.O=[PH](O)O. The zero-order valence-corrected chi connectivity index (χ0v) is 25.1. The lowest BCUT2D eigenvalue weighted by Crippen LogP contribution is -2.38. The lowest BCUT2D eigenvalue weighted by molar-refractivity contribution is -0.147. The minimum Gasteiger partial charge on any atom is -0.453 e. The first kappa shape index (κ1) is 31.4. The van der Waals surface area contributed by atoms with E-state index >= 15 is 0 Å². The molecule has 8 nitrogen and oxygen atoms in total. The Balaban J connectivity index is 0.00000103. The molecule has 0 spiro atoms. The molecular formula is C30H35BrN3O5P. The fourth-order valence-electron chi connectivity index (χ4n) is 4.84. The summed E-state index contributed by atoms with van der Waals surface area (Å²) in [5, 5.41) is 5.17. The first-order valence-corrected chi connectivity index (χ1v) is 15.5. The first-order chi connectivity index (χ1) is 19.4. The van der Waals surface area contributed by atoms with Gasteiger partial charge in [-0.1, -0.05) is 134 Å². The van der Waals surface area contributed by atoms with Gasteiger partial charge in [-0.2, -0.15) is 5.10 Å². The fraction of sp³-hybridized carbons (Fsp3) is 0.300. The largest absolute Gasteiger partial charge is 0.453 e. The van der Waals surface area contributed by atoms with Crippen molar-refractivity contribution in [2.24, 2.45) is 5.92 Å². The summed E-state index contributed by atoms with van der Waals surface area (Å²) in [5.41, 5.74) is 2.43. The van der Waals surface area contributed by atoms with E-state index in [0.29, 0.717) is 18.2 Å². The van der Waals surface area contributed by atoms with E-state index in [-0.39, 0.29) is 11.3 Å². The number of alkyl halides is 1.